The quantitative estimate of drug-likeness (QED) is 0.519. The van der Waals surface area contributed by atoms with E-state index >= 15 is 0 Å². The SMILES string of the molecule is CC1(C)[C@@H]2CC[C@]13CS(=O)(=O)N(C(=O)[C@H]1[C@H](c4ccc(Cl)nc4)[C@@H]4CC[C@H]1N4Cc1ccccc1)[C@@H]3C2. The highest BCUT2D eigenvalue weighted by Gasteiger charge is 2.73. The largest absolute Gasteiger partial charge is 0.292 e. The van der Waals surface area contributed by atoms with Gasteiger partial charge in [0.15, 0.2) is 0 Å². The number of aromatic nitrogens is 1. The molecule has 8 heteroatoms. The van der Waals surface area contributed by atoms with Gasteiger partial charge in [-0.15, -0.1) is 0 Å². The number of pyridine rings is 1. The Morgan fingerprint density at radius 3 is 2.54 bits per heavy atom. The summed E-state index contributed by atoms with van der Waals surface area (Å²) in [4.78, 5) is 21.4. The maximum Gasteiger partial charge on any atom is 0.241 e. The lowest BCUT2D eigenvalue weighted by Gasteiger charge is -2.38. The van der Waals surface area contributed by atoms with Gasteiger partial charge in [-0.3, -0.25) is 9.69 Å². The Hall–Kier alpha value is -1.96. The van der Waals surface area contributed by atoms with E-state index in [2.05, 4.69) is 35.9 Å². The first-order valence-electron chi connectivity index (χ1n) is 13.6. The number of benzene rings is 1. The van der Waals surface area contributed by atoms with Crippen molar-refractivity contribution >= 4 is 27.5 Å². The summed E-state index contributed by atoms with van der Waals surface area (Å²) in [7, 11) is -3.67. The molecule has 3 aliphatic heterocycles. The third kappa shape index (κ3) is 3.23. The summed E-state index contributed by atoms with van der Waals surface area (Å²) < 4.78 is 28.9. The third-order valence-corrected chi connectivity index (χ3v) is 13.2. The van der Waals surface area contributed by atoms with Crippen molar-refractivity contribution in [2.45, 2.75) is 76.5 Å². The van der Waals surface area contributed by atoms with Crippen LogP contribution in [-0.4, -0.2) is 52.4 Å². The molecule has 4 heterocycles. The highest BCUT2D eigenvalue weighted by Crippen LogP contribution is 2.70. The fraction of sp³-hybridized carbons (Fsp3) is 0.586. The van der Waals surface area contributed by atoms with Crippen LogP contribution in [0.4, 0.5) is 0 Å². The number of hydrogen-bond acceptors (Lipinski definition) is 5. The molecule has 37 heavy (non-hydrogen) atoms. The van der Waals surface area contributed by atoms with Crippen LogP contribution in [-0.2, 0) is 21.4 Å². The van der Waals surface area contributed by atoms with Crippen LogP contribution in [0.2, 0.25) is 5.15 Å². The minimum atomic E-state index is -3.67. The highest BCUT2D eigenvalue weighted by molar-refractivity contribution is 7.90. The minimum Gasteiger partial charge on any atom is -0.292 e. The average molecular weight is 540 g/mol. The van der Waals surface area contributed by atoms with Crippen LogP contribution < -0.4 is 0 Å². The van der Waals surface area contributed by atoms with Crippen molar-refractivity contribution in [2.24, 2.45) is 22.7 Å². The molecule has 0 unspecified atom stereocenters. The molecule has 1 spiro atoms. The lowest BCUT2D eigenvalue weighted by Crippen LogP contribution is -2.49. The third-order valence-electron chi connectivity index (χ3n) is 11.1. The van der Waals surface area contributed by atoms with E-state index in [1.807, 2.05) is 24.3 Å². The summed E-state index contributed by atoms with van der Waals surface area (Å²) in [6.07, 6.45) is 6.46. The van der Waals surface area contributed by atoms with E-state index in [1.165, 1.54) is 9.87 Å². The summed E-state index contributed by atoms with van der Waals surface area (Å²) >= 11 is 6.12. The van der Waals surface area contributed by atoms with Gasteiger partial charge in [-0.05, 0) is 60.6 Å². The Morgan fingerprint density at radius 2 is 1.84 bits per heavy atom. The molecule has 5 fully saturated rings. The van der Waals surface area contributed by atoms with E-state index in [4.69, 9.17) is 11.6 Å². The predicted octanol–water partition coefficient (Wildman–Crippen LogP) is 4.85. The second kappa shape index (κ2) is 8.03. The molecule has 7 atom stereocenters. The molecule has 6 nitrogen and oxygen atoms in total. The number of fused-ring (bicyclic) bond motifs is 3. The van der Waals surface area contributed by atoms with Crippen LogP contribution in [0, 0.1) is 22.7 Å². The van der Waals surface area contributed by atoms with Crippen LogP contribution in [0.5, 0.6) is 0 Å². The Bertz CT molecular complexity index is 1350. The molecule has 5 aliphatic rings. The average Bonchev–Trinajstić information content (AvgIpc) is 3.58. The van der Waals surface area contributed by atoms with Gasteiger partial charge in [0.1, 0.15) is 5.15 Å². The number of sulfonamides is 1. The number of carbonyl (C=O) groups excluding carboxylic acids is 1. The lowest BCUT2D eigenvalue weighted by atomic mass is 9.68. The smallest absolute Gasteiger partial charge is 0.241 e. The van der Waals surface area contributed by atoms with Crippen molar-refractivity contribution in [2.75, 3.05) is 5.75 Å². The Balaban J connectivity index is 1.29. The number of halogens is 1. The van der Waals surface area contributed by atoms with Gasteiger partial charge in [0.25, 0.3) is 0 Å². The van der Waals surface area contributed by atoms with Crippen LogP contribution in [0.3, 0.4) is 0 Å². The van der Waals surface area contributed by atoms with Crippen molar-refractivity contribution < 1.29 is 13.2 Å². The zero-order valence-electron chi connectivity index (χ0n) is 21.4. The maximum absolute atomic E-state index is 14.6. The van der Waals surface area contributed by atoms with E-state index in [0.29, 0.717) is 11.1 Å². The second-order valence-electron chi connectivity index (χ2n) is 12.6. The van der Waals surface area contributed by atoms with E-state index < -0.39 is 15.9 Å². The van der Waals surface area contributed by atoms with Gasteiger partial charge in [-0.25, -0.2) is 17.7 Å². The van der Waals surface area contributed by atoms with Crippen LogP contribution in [0.15, 0.2) is 48.7 Å². The predicted molar refractivity (Wildman–Crippen MR) is 142 cm³/mol. The molecular formula is C29H34ClN3O3S. The van der Waals surface area contributed by atoms with Gasteiger partial charge in [-0.2, -0.15) is 0 Å². The van der Waals surface area contributed by atoms with Gasteiger partial charge in [0.2, 0.25) is 15.9 Å². The van der Waals surface area contributed by atoms with Crippen LogP contribution in [0.25, 0.3) is 0 Å². The van der Waals surface area contributed by atoms with Gasteiger partial charge in [0.05, 0.1) is 17.7 Å². The molecule has 0 radical (unpaired) electrons. The number of carbonyl (C=O) groups is 1. The number of rotatable bonds is 4. The van der Waals surface area contributed by atoms with Gasteiger partial charge in [-0.1, -0.05) is 61.8 Å². The summed E-state index contributed by atoms with van der Waals surface area (Å²) in [5.41, 5.74) is 1.81. The lowest BCUT2D eigenvalue weighted by molar-refractivity contribution is -0.134. The fourth-order valence-corrected chi connectivity index (χ4v) is 11.9. The van der Waals surface area contributed by atoms with Gasteiger partial charge in [0, 0.05) is 36.2 Å². The van der Waals surface area contributed by atoms with Crippen molar-refractivity contribution in [3.8, 4) is 0 Å². The summed E-state index contributed by atoms with van der Waals surface area (Å²) in [5.74, 6) is -0.0953. The molecule has 2 aromatic rings. The second-order valence-corrected chi connectivity index (χ2v) is 14.8. The normalized spacial score (nSPS) is 38.8. The number of hydrogen-bond donors (Lipinski definition) is 0. The van der Waals surface area contributed by atoms with E-state index in [-0.39, 0.29) is 46.5 Å². The molecule has 1 amide bonds. The monoisotopic (exact) mass is 539 g/mol. The molecule has 0 N–H and O–H groups in total. The molecule has 1 aromatic heterocycles. The van der Waals surface area contributed by atoms with E-state index in [9.17, 15) is 13.2 Å². The van der Waals surface area contributed by atoms with Gasteiger partial charge < -0.3 is 0 Å². The first kappa shape index (κ1) is 24.1. The molecule has 1 aromatic carbocycles. The molecule has 3 saturated heterocycles. The fourth-order valence-electron chi connectivity index (χ4n) is 9.26. The van der Waals surface area contributed by atoms with E-state index in [0.717, 1.165) is 44.2 Å². The summed E-state index contributed by atoms with van der Waals surface area (Å²) in [6.45, 7) is 5.22. The van der Waals surface area contributed by atoms with Crippen molar-refractivity contribution in [3.63, 3.8) is 0 Å². The molecule has 7 rings (SSSR count). The maximum atomic E-state index is 14.6. The summed E-state index contributed by atoms with van der Waals surface area (Å²) in [6, 6.07) is 14.1. The van der Waals surface area contributed by atoms with Crippen molar-refractivity contribution in [1.82, 2.24) is 14.2 Å². The first-order valence-corrected chi connectivity index (χ1v) is 15.6. The number of amides is 1. The Morgan fingerprint density at radius 1 is 1.08 bits per heavy atom. The first-order chi connectivity index (χ1) is 17.6. The molecule has 196 valence electrons. The van der Waals surface area contributed by atoms with Crippen LogP contribution >= 0.6 is 11.6 Å². The minimum absolute atomic E-state index is 0.0109. The molecule has 2 aliphatic carbocycles. The Kier molecular flexibility index (Phi) is 5.23. The van der Waals surface area contributed by atoms with Gasteiger partial charge >= 0.3 is 0 Å². The summed E-state index contributed by atoms with van der Waals surface area (Å²) in [5, 5.41) is 0.421. The molecule has 2 saturated carbocycles. The number of nitrogens with zero attached hydrogens (tertiary/aromatic N) is 3. The van der Waals surface area contributed by atoms with Crippen molar-refractivity contribution in [3.05, 3.63) is 64.9 Å². The standard InChI is InChI=1S/C29H34ClN3O3S/c1-28(2)20-12-13-29(28)17-37(35,36)33(23(29)14-20)27(34)26-22-10-9-21(25(26)19-8-11-24(30)31-15-19)32(22)16-18-6-4-3-5-7-18/h3-8,11,15,20-23,25-26H,9-10,12-14,16-17H2,1-2H3/t20-,21+,22-,23-,25-,26-,29-/m1/s1. The topological polar surface area (TPSA) is 70.6 Å². The Labute approximate surface area is 224 Å². The molecular weight excluding hydrogens is 506 g/mol. The zero-order valence-corrected chi connectivity index (χ0v) is 23.0. The zero-order chi connectivity index (χ0) is 25.7. The highest BCUT2D eigenvalue weighted by atomic mass is 35.5. The van der Waals surface area contributed by atoms with E-state index in [1.54, 1.807) is 12.3 Å². The van der Waals surface area contributed by atoms with Crippen LogP contribution in [0.1, 0.15) is 63.0 Å². The van der Waals surface area contributed by atoms with Crippen molar-refractivity contribution in [1.29, 1.82) is 0 Å². The molecule has 4 bridgehead atoms.